The van der Waals surface area contributed by atoms with Gasteiger partial charge in [0.25, 0.3) is 5.56 Å². The van der Waals surface area contributed by atoms with Crippen molar-refractivity contribution in [2.75, 3.05) is 6.61 Å². The van der Waals surface area contributed by atoms with E-state index < -0.39 is 17.8 Å². The largest absolute Gasteiger partial charge is 0.477 e. The summed E-state index contributed by atoms with van der Waals surface area (Å²) in [5, 5.41) is 12.9. The van der Waals surface area contributed by atoms with Gasteiger partial charge in [0.05, 0.1) is 6.20 Å². The third-order valence-corrected chi connectivity index (χ3v) is 2.83. The average Bonchev–Trinajstić information content (AvgIpc) is 2.30. The van der Waals surface area contributed by atoms with Gasteiger partial charge in [-0.25, -0.2) is 9.48 Å². The Morgan fingerprint density at radius 2 is 2.35 bits per heavy atom. The smallest absolute Gasteiger partial charge is 0.341 e. The van der Waals surface area contributed by atoms with Crippen molar-refractivity contribution in [2.24, 2.45) is 0 Å². The average molecular weight is 238 g/mol. The SMILES string of the molecule is Cc1cnn(C2CCCCO2)c(=O)c1C(=O)O. The summed E-state index contributed by atoms with van der Waals surface area (Å²) in [6, 6.07) is 0. The van der Waals surface area contributed by atoms with Crippen LogP contribution in [0.3, 0.4) is 0 Å². The quantitative estimate of drug-likeness (QED) is 0.829. The lowest BCUT2D eigenvalue weighted by atomic mass is 10.1. The number of nitrogens with zero attached hydrogens (tertiary/aromatic N) is 2. The lowest BCUT2D eigenvalue weighted by Crippen LogP contribution is -2.34. The van der Waals surface area contributed by atoms with Crippen LogP contribution in [0.4, 0.5) is 0 Å². The van der Waals surface area contributed by atoms with Crippen LogP contribution in [0.2, 0.25) is 0 Å². The van der Waals surface area contributed by atoms with Crippen molar-refractivity contribution >= 4 is 5.97 Å². The number of aryl methyl sites for hydroxylation is 1. The molecule has 1 N–H and O–H groups in total. The number of carbonyl (C=O) groups is 1. The number of carboxylic acid groups (broad SMARTS) is 1. The maximum absolute atomic E-state index is 12.0. The Morgan fingerprint density at radius 1 is 1.59 bits per heavy atom. The molecule has 1 saturated heterocycles. The van der Waals surface area contributed by atoms with Crippen molar-refractivity contribution in [3.8, 4) is 0 Å². The second-order valence-electron chi connectivity index (χ2n) is 4.08. The molecular formula is C11H14N2O4. The summed E-state index contributed by atoms with van der Waals surface area (Å²) in [5.41, 5.74) is -0.451. The second-order valence-corrected chi connectivity index (χ2v) is 4.08. The van der Waals surface area contributed by atoms with Crippen molar-refractivity contribution in [3.63, 3.8) is 0 Å². The molecule has 0 aromatic carbocycles. The number of carboxylic acids is 1. The molecule has 17 heavy (non-hydrogen) atoms. The predicted octanol–water partition coefficient (Wildman–Crippen LogP) is 0.949. The van der Waals surface area contributed by atoms with Crippen molar-refractivity contribution in [1.29, 1.82) is 0 Å². The van der Waals surface area contributed by atoms with Gasteiger partial charge < -0.3 is 9.84 Å². The molecule has 6 nitrogen and oxygen atoms in total. The van der Waals surface area contributed by atoms with Gasteiger partial charge in [0.2, 0.25) is 0 Å². The second kappa shape index (κ2) is 4.67. The molecule has 6 heteroatoms. The predicted molar refractivity (Wildman–Crippen MR) is 59.0 cm³/mol. The minimum atomic E-state index is -1.22. The first-order valence-electron chi connectivity index (χ1n) is 5.54. The van der Waals surface area contributed by atoms with E-state index in [9.17, 15) is 9.59 Å². The highest BCUT2D eigenvalue weighted by Gasteiger charge is 2.22. The highest BCUT2D eigenvalue weighted by Crippen LogP contribution is 2.20. The van der Waals surface area contributed by atoms with Gasteiger partial charge in [0.15, 0.2) is 6.23 Å². The summed E-state index contributed by atoms with van der Waals surface area (Å²) in [5.74, 6) is -1.22. The number of aromatic nitrogens is 2. The van der Waals surface area contributed by atoms with Gasteiger partial charge in [-0.15, -0.1) is 0 Å². The Bertz CT molecular complexity index is 489. The molecule has 0 amide bonds. The van der Waals surface area contributed by atoms with Crippen LogP contribution in [0.25, 0.3) is 0 Å². The van der Waals surface area contributed by atoms with Gasteiger partial charge in [-0.3, -0.25) is 4.79 Å². The van der Waals surface area contributed by atoms with E-state index in [2.05, 4.69) is 5.10 Å². The number of hydrogen-bond acceptors (Lipinski definition) is 4. The van der Waals surface area contributed by atoms with Gasteiger partial charge in [0, 0.05) is 6.61 Å². The van der Waals surface area contributed by atoms with E-state index in [0.717, 1.165) is 17.5 Å². The van der Waals surface area contributed by atoms with Gasteiger partial charge in [-0.2, -0.15) is 5.10 Å². The molecule has 1 unspecified atom stereocenters. The Labute approximate surface area is 97.8 Å². The first-order chi connectivity index (χ1) is 8.11. The lowest BCUT2D eigenvalue weighted by Gasteiger charge is -2.23. The third-order valence-electron chi connectivity index (χ3n) is 2.83. The van der Waals surface area contributed by atoms with Crippen molar-refractivity contribution in [1.82, 2.24) is 9.78 Å². The number of hydrogen-bond donors (Lipinski definition) is 1. The van der Waals surface area contributed by atoms with E-state index in [1.807, 2.05) is 0 Å². The van der Waals surface area contributed by atoms with Crippen molar-refractivity contribution in [3.05, 3.63) is 27.7 Å². The summed E-state index contributed by atoms with van der Waals surface area (Å²) in [7, 11) is 0. The van der Waals surface area contributed by atoms with E-state index in [1.54, 1.807) is 6.92 Å². The molecule has 1 aliphatic rings. The first-order valence-corrected chi connectivity index (χ1v) is 5.54. The Hall–Kier alpha value is -1.69. The van der Waals surface area contributed by atoms with Crippen LogP contribution >= 0.6 is 0 Å². The molecule has 2 rings (SSSR count). The molecule has 0 saturated carbocycles. The monoisotopic (exact) mass is 238 g/mol. The Kier molecular flexibility index (Phi) is 3.23. The van der Waals surface area contributed by atoms with E-state index in [1.165, 1.54) is 6.20 Å². The van der Waals surface area contributed by atoms with Crippen molar-refractivity contribution in [2.45, 2.75) is 32.4 Å². The molecule has 0 radical (unpaired) electrons. The minimum absolute atomic E-state index is 0.228. The molecule has 0 aliphatic carbocycles. The van der Waals surface area contributed by atoms with Gasteiger partial charge in [-0.05, 0) is 31.7 Å². The highest BCUT2D eigenvalue weighted by molar-refractivity contribution is 5.88. The molecule has 0 bridgehead atoms. The standard InChI is InChI=1S/C11H14N2O4/c1-7-6-12-13(8-4-2-3-5-17-8)10(14)9(7)11(15)16/h6,8H,2-5H2,1H3,(H,15,16). The molecule has 0 spiro atoms. The lowest BCUT2D eigenvalue weighted by molar-refractivity contribution is -0.0426. The fourth-order valence-corrected chi connectivity index (χ4v) is 1.93. The Morgan fingerprint density at radius 3 is 2.94 bits per heavy atom. The molecule has 92 valence electrons. The summed E-state index contributed by atoms with van der Waals surface area (Å²) >= 11 is 0. The van der Waals surface area contributed by atoms with Crippen molar-refractivity contribution < 1.29 is 14.6 Å². The normalized spacial score (nSPS) is 20.2. The third kappa shape index (κ3) is 2.21. The molecule has 1 aromatic heterocycles. The number of aromatic carboxylic acids is 1. The van der Waals surface area contributed by atoms with E-state index in [0.29, 0.717) is 18.6 Å². The number of rotatable bonds is 2. The van der Waals surface area contributed by atoms with Crippen LogP contribution in [0.1, 0.15) is 41.4 Å². The van der Waals surface area contributed by atoms with E-state index >= 15 is 0 Å². The maximum atomic E-state index is 12.0. The zero-order valence-electron chi connectivity index (χ0n) is 9.55. The first kappa shape index (κ1) is 11.8. The molecule has 2 heterocycles. The molecule has 1 aromatic rings. The molecule has 1 aliphatic heterocycles. The summed E-state index contributed by atoms with van der Waals surface area (Å²) < 4.78 is 6.56. The van der Waals surface area contributed by atoms with E-state index in [4.69, 9.17) is 9.84 Å². The summed E-state index contributed by atoms with van der Waals surface area (Å²) in [6.07, 6.45) is 3.56. The topological polar surface area (TPSA) is 81.4 Å². The minimum Gasteiger partial charge on any atom is -0.477 e. The van der Waals surface area contributed by atoms with Crippen LogP contribution in [0, 0.1) is 6.92 Å². The summed E-state index contributed by atoms with van der Waals surface area (Å²) in [4.78, 5) is 23.0. The zero-order valence-corrected chi connectivity index (χ0v) is 9.55. The summed E-state index contributed by atoms with van der Waals surface area (Å²) in [6.45, 7) is 2.14. The highest BCUT2D eigenvalue weighted by atomic mass is 16.5. The molecular weight excluding hydrogens is 224 g/mol. The van der Waals surface area contributed by atoms with Gasteiger partial charge in [-0.1, -0.05) is 0 Å². The zero-order chi connectivity index (χ0) is 12.4. The molecule has 1 fully saturated rings. The van der Waals surface area contributed by atoms with Gasteiger partial charge in [0.1, 0.15) is 5.56 Å². The maximum Gasteiger partial charge on any atom is 0.341 e. The van der Waals surface area contributed by atoms with Crippen LogP contribution in [-0.4, -0.2) is 27.5 Å². The fraction of sp³-hybridized carbons (Fsp3) is 0.545. The van der Waals surface area contributed by atoms with Gasteiger partial charge >= 0.3 is 5.97 Å². The van der Waals surface area contributed by atoms with Crippen LogP contribution in [0.15, 0.2) is 11.0 Å². The van der Waals surface area contributed by atoms with E-state index in [-0.39, 0.29) is 5.56 Å². The van der Waals surface area contributed by atoms with Crippen LogP contribution in [0.5, 0.6) is 0 Å². The van der Waals surface area contributed by atoms with Crippen LogP contribution in [-0.2, 0) is 4.74 Å². The Balaban J connectivity index is 2.45. The van der Waals surface area contributed by atoms with Crippen LogP contribution < -0.4 is 5.56 Å². The number of ether oxygens (including phenoxy) is 1. The molecule has 1 atom stereocenters. The fourth-order valence-electron chi connectivity index (χ4n) is 1.93.